The summed E-state index contributed by atoms with van der Waals surface area (Å²) in [6.45, 7) is 3.56. The zero-order chi connectivity index (χ0) is 20.1. The van der Waals surface area contributed by atoms with Gasteiger partial charge >= 0.3 is 5.97 Å². The maximum absolute atomic E-state index is 14.3. The number of carbonyl (C=O) groups is 2. The molecule has 2 N–H and O–H groups in total. The number of anilines is 1. The average Bonchev–Trinajstić information content (AvgIpc) is 2.62. The first-order valence-electron chi connectivity index (χ1n) is 8.03. The van der Waals surface area contributed by atoms with Crippen molar-refractivity contribution in [1.82, 2.24) is 0 Å². The van der Waals surface area contributed by atoms with Crippen molar-refractivity contribution >= 4 is 17.6 Å². The number of amides is 1. The largest absolute Gasteiger partial charge is 0.493 e. The van der Waals surface area contributed by atoms with Gasteiger partial charge in [0.25, 0.3) is 5.91 Å². The summed E-state index contributed by atoms with van der Waals surface area (Å²) in [7, 11) is 2.71. The summed E-state index contributed by atoms with van der Waals surface area (Å²) in [6, 6.07) is 6.27. The molecule has 0 heterocycles. The Kier molecular flexibility index (Phi) is 6.23. The minimum atomic E-state index is -1.17. The van der Waals surface area contributed by atoms with E-state index in [0.29, 0.717) is 0 Å². The quantitative estimate of drug-likeness (QED) is 0.766. The molecule has 0 aliphatic rings. The first kappa shape index (κ1) is 20.0. The number of rotatable bonds is 7. The van der Waals surface area contributed by atoms with E-state index < -0.39 is 17.7 Å². The number of hydrogen-bond donors (Lipinski definition) is 2. The molecule has 0 saturated carbocycles. The van der Waals surface area contributed by atoms with Gasteiger partial charge in [-0.25, -0.2) is 9.18 Å². The highest BCUT2D eigenvalue weighted by Gasteiger charge is 2.19. The van der Waals surface area contributed by atoms with Gasteiger partial charge in [0, 0.05) is 6.07 Å². The van der Waals surface area contributed by atoms with Gasteiger partial charge in [-0.15, -0.1) is 0 Å². The first-order chi connectivity index (χ1) is 12.8. The second-order valence-electron chi connectivity index (χ2n) is 5.82. The lowest BCUT2D eigenvalue weighted by Crippen LogP contribution is -2.17. The molecule has 2 aromatic carbocycles. The molecule has 2 rings (SSSR count). The smallest absolute Gasteiger partial charge is 0.335 e. The standard InChI is InChI=1S/C19H20FNO6/c1-10(2)27-15-6-5-11(19(23)24)7-14(15)21-18(22)12-8-16(25-3)17(26-4)9-13(12)20/h5-10H,1-4H3,(H,21,22)(H,23,24). The third kappa shape index (κ3) is 4.66. The zero-order valence-electron chi connectivity index (χ0n) is 15.3. The van der Waals surface area contributed by atoms with Crippen molar-refractivity contribution in [3.8, 4) is 17.2 Å². The van der Waals surface area contributed by atoms with E-state index in [4.69, 9.17) is 19.3 Å². The van der Waals surface area contributed by atoms with Crippen molar-refractivity contribution in [2.24, 2.45) is 0 Å². The molecule has 0 bridgehead atoms. The highest BCUT2D eigenvalue weighted by Crippen LogP contribution is 2.32. The van der Waals surface area contributed by atoms with Crippen molar-refractivity contribution in [1.29, 1.82) is 0 Å². The van der Waals surface area contributed by atoms with Crippen molar-refractivity contribution < 1.29 is 33.3 Å². The molecule has 27 heavy (non-hydrogen) atoms. The van der Waals surface area contributed by atoms with Gasteiger partial charge in [-0.2, -0.15) is 0 Å². The molecular weight excluding hydrogens is 357 g/mol. The van der Waals surface area contributed by atoms with Gasteiger partial charge in [-0.1, -0.05) is 0 Å². The van der Waals surface area contributed by atoms with Crippen LogP contribution in [0.1, 0.15) is 34.6 Å². The number of benzene rings is 2. The molecular formula is C19H20FNO6. The molecule has 0 aliphatic heterocycles. The number of hydrogen-bond acceptors (Lipinski definition) is 5. The van der Waals surface area contributed by atoms with E-state index >= 15 is 0 Å². The van der Waals surface area contributed by atoms with Crippen molar-refractivity contribution in [2.75, 3.05) is 19.5 Å². The molecule has 1 amide bonds. The number of carboxylic acid groups (broad SMARTS) is 1. The number of nitrogens with one attached hydrogen (secondary N) is 1. The van der Waals surface area contributed by atoms with Gasteiger partial charge in [-0.3, -0.25) is 4.79 Å². The number of carboxylic acids is 1. The van der Waals surface area contributed by atoms with Crippen LogP contribution in [0.15, 0.2) is 30.3 Å². The molecule has 7 nitrogen and oxygen atoms in total. The molecule has 0 atom stereocenters. The van der Waals surface area contributed by atoms with Gasteiger partial charge in [0.15, 0.2) is 11.5 Å². The van der Waals surface area contributed by atoms with Crippen LogP contribution in [0.4, 0.5) is 10.1 Å². The third-order valence-corrected chi connectivity index (χ3v) is 3.56. The Morgan fingerprint density at radius 2 is 1.67 bits per heavy atom. The van der Waals surface area contributed by atoms with Gasteiger partial charge in [0.05, 0.1) is 37.1 Å². The number of methoxy groups -OCH3 is 2. The minimum absolute atomic E-state index is 0.0470. The van der Waals surface area contributed by atoms with Crippen LogP contribution in [0.2, 0.25) is 0 Å². The molecule has 144 valence electrons. The topological polar surface area (TPSA) is 94.1 Å². The Morgan fingerprint density at radius 3 is 2.22 bits per heavy atom. The highest BCUT2D eigenvalue weighted by atomic mass is 19.1. The minimum Gasteiger partial charge on any atom is -0.493 e. The Balaban J connectivity index is 2.42. The maximum atomic E-state index is 14.3. The summed E-state index contributed by atoms with van der Waals surface area (Å²) in [4.78, 5) is 23.8. The molecule has 0 fully saturated rings. The SMILES string of the molecule is COc1cc(F)c(C(=O)Nc2cc(C(=O)O)ccc2OC(C)C)cc1OC. The Morgan fingerprint density at radius 1 is 1.04 bits per heavy atom. The lowest BCUT2D eigenvalue weighted by Gasteiger charge is -2.16. The summed E-state index contributed by atoms with van der Waals surface area (Å²) in [6.07, 6.45) is -0.214. The first-order valence-corrected chi connectivity index (χ1v) is 8.03. The van der Waals surface area contributed by atoms with Crippen molar-refractivity contribution in [3.63, 3.8) is 0 Å². The van der Waals surface area contributed by atoms with Gasteiger partial charge in [0.1, 0.15) is 11.6 Å². The van der Waals surface area contributed by atoms with E-state index in [9.17, 15) is 14.0 Å². The van der Waals surface area contributed by atoms with E-state index in [-0.39, 0.29) is 40.2 Å². The van der Waals surface area contributed by atoms with Crippen LogP contribution >= 0.6 is 0 Å². The summed E-state index contributed by atoms with van der Waals surface area (Å²) in [5.41, 5.74) is -0.221. The van der Waals surface area contributed by atoms with E-state index in [2.05, 4.69) is 5.32 Å². The second-order valence-corrected chi connectivity index (χ2v) is 5.82. The van der Waals surface area contributed by atoms with E-state index in [1.807, 2.05) is 0 Å². The predicted octanol–water partition coefficient (Wildman–Crippen LogP) is 3.58. The fourth-order valence-corrected chi connectivity index (χ4v) is 2.34. The predicted molar refractivity (Wildman–Crippen MR) is 96.6 cm³/mol. The normalized spacial score (nSPS) is 10.4. The van der Waals surface area contributed by atoms with Gasteiger partial charge in [-0.05, 0) is 38.1 Å². The molecule has 0 aliphatic carbocycles. The van der Waals surface area contributed by atoms with Crippen LogP contribution in [-0.2, 0) is 0 Å². The van der Waals surface area contributed by atoms with E-state index in [1.165, 1.54) is 38.5 Å². The summed E-state index contributed by atoms with van der Waals surface area (Å²) in [5, 5.41) is 11.7. The van der Waals surface area contributed by atoms with Crippen LogP contribution in [-0.4, -0.2) is 37.3 Å². The lowest BCUT2D eigenvalue weighted by atomic mass is 10.1. The lowest BCUT2D eigenvalue weighted by molar-refractivity contribution is 0.0696. The number of aromatic carboxylic acids is 1. The number of halogens is 1. The van der Waals surface area contributed by atoms with Gasteiger partial charge in [0.2, 0.25) is 0 Å². The van der Waals surface area contributed by atoms with Gasteiger partial charge < -0.3 is 24.6 Å². The summed E-state index contributed by atoms with van der Waals surface area (Å²) >= 11 is 0. The average molecular weight is 377 g/mol. The van der Waals surface area contributed by atoms with Crippen LogP contribution < -0.4 is 19.5 Å². The fraction of sp³-hybridized carbons (Fsp3) is 0.263. The monoisotopic (exact) mass is 377 g/mol. The van der Waals surface area contributed by atoms with Crippen LogP contribution in [0, 0.1) is 5.82 Å². The molecule has 0 aromatic heterocycles. The molecule has 8 heteroatoms. The second kappa shape index (κ2) is 8.39. The molecule has 0 saturated heterocycles. The van der Waals surface area contributed by atoms with E-state index in [1.54, 1.807) is 13.8 Å². The third-order valence-electron chi connectivity index (χ3n) is 3.56. The molecule has 0 spiro atoms. The summed E-state index contributed by atoms with van der Waals surface area (Å²) in [5.74, 6) is -2.18. The number of carbonyl (C=O) groups excluding carboxylic acids is 1. The van der Waals surface area contributed by atoms with E-state index in [0.717, 1.165) is 6.07 Å². The Labute approximate surface area is 155 Å². The highest BCUT2D eigenvalue weighted by molar-refractivity contribution is 6.06. The van der Waals surface area contributed by atoms with Crippen LogP contribution in [0.25, 0.3) is 0 Å². The molecule has 0 unspecified atom stereocenters. The Bertz CT molecular complexity index is 866. The maximum Gasteiger partial charge on any atom is 0.335 e. The van der Waals surface area contributed by atoms with Crippen molar-refractivity contribution in [2.45, 2.75) is 20.0 Å². The zero-order valence-corrected chi connectivity index (χ0v) is 15.3. The summed E-state index contributed by atoms with van der Waals surface area (Å²) < 4.78 is 30.0. The Hall–Kier alpha value is -3.29. The van der Waals surface area contributed by atoms with Crippen LogP contribution in [0.5, 0.6) is 17.2 Å². The van der Waals surface area contributed by atoms with Crippen LogP contribution in [0.3, 0.4) is 0 Å². The molecule has 0 radical (unpaired) electrons. The number of ether oxygens (including phenoxy) is 3. The fourth-order valence-electron chi connectivity index (χ4n) is 2.34. The van der Waals surface area contributed by atoms with Crippen molar-refractivity contribution in [3.05, 3.63) is 47.3 Å². The molecule has 2 aromatic rings.